The molecule has 6 heteroatoms. The van der Waals surface area contributed by atoms with Gasteiger partial charge in [-0.25, -0.2) is 4.79 Å². The van der Waals surface area contributed by atoms with Gasteiger partial charge in [0.05, 0.1) is 12.1 Å². The van der Waals surface area contributed by atoms with Gasteiger partial charge in [-0.3, -0.25) is 0 Å². The Balaban J connectivity index is 2.08. The van der Waals surface area contributed by atoms with Crippen molar-refractivity contribution in [2.24, 2.45) is 0 Å². The molecule has 4 atom stereocenters. The largest absolute Gasteiger partial charge is 0.444 e. The van der Waals surface area contributed by atoms with Crippen molar-refractivity contribution in [2.75, 3.05) is 6.54 Å². The molecule has 0 bridgehead atoms. The highest BCUT2D eigenvalue weighted by molar-refractivity contribution is 5.68. The molecule has 0 aliphatic carbocycles. The Bertz CT molecular complexity index is 538. The molecule has 0 unspecified atom stereocenters. The summed E-state index contributed by atoms with van der Waals surface area (Å²) in [5.74, 6) is 0. The van der Waals surface area contributed by atoms with Crippen LogP contribution in [0.2, 0.25) is 0 Å². The topological polar surface area (TPSA) is 90.8 Å². The molecule has 1 saturated heterocycles. The second kappa shape index (κ2) is 8.65. The first-order valence-corrected chi connectivity index (χ1v) is 8.89. The van der Waals surface area contributed by atoms with E-state index >= 15 is 0 Å². The van der Waals surface area contributed by atoms with Gasteiger partial charge < -0.3 is 25.6 Å². The molecule has 0 spiro atoms. The SMILES string of the molecule is CC(C)(C)OC(=O)N[C@@H](Cc1ccccc1)[C@H](O)[C@H](O)[C@H]1CCCN1. The van der Waals surface area contributed by atoms with Crippen LogP contribution in [0.4, 0.5) is 4.79 Å². The third-order valence-corrected chi connectivity index (χ3v) is 4.27. The summed E-state index contributed by atoms with van der Waals surface area (Å²) in [5, 5.41) is 27.1. The zero-order valence-electron chi connectivity index (χ0n) is 15.2. The highest BCUT2D eigenvalue weighted by atomic mass is 16.6. The van der Waals surface area contributed by atoms with E-state index in [9.17, 15) is 15.0 Å². The summed E-state index contributed by atoms with van der Waals surface area (Å²) in [6.45, 7) is 6.18. The molecule has 140 valence electrons. The van der Waals surface area contributed by atoms with E-state index in [1.54, 1.807) is 20.8 Å². The lowest BCUT2D eigenvalue weighted by molar-refractivity contribution is -0.0237. The maximum absolute atomic E-state index is 12.2. The van der Waals surface area contributed by atoms with Gasteiger partial charge in [0.25, 0.3) is 0 Å². The van der Waals surface area contributed by atoms with Gasteiger partial charge in [-0.2, -0.15) is 0 Å². The fraction of sp³-hybridized carbons (Fsp3) is 0.632. The average molecular weight is 350 g/mol. The Hall–Kier alpha value is -1.63. The van der Waals surface area contributed by atoms with Gasteiger partial charge in [-0.15, -0.1) is 0 Å². The zero-order chi connectivity index (χ0) is 18.4. The highest BCUT2D eigenvalue weighted by Gasteiger charge is 2.35. The monoisotopic (exact) mass is 350 g/mol. The molecule has 1 fully saturated rings. The van der Waals surface area contributed by atoms with Gasteiger partial charge in [-0.05, 0) is 52.1 Å². The van der Waals surface area contributed by atoms with Crippen molar-refractivity contribution in [1.82, 2.24) is 10.6 Å². The van der Waals surface area contributed by atoms with E-state index in [-0.39, 0.29) is 6.04 Å². The smallest absolute Gasteiger partial charge is 0.407 e. The van der Waals surface area contributed by atoms with Gasteiger partial charge in [-0.1, -0.05) is 30.3 Å². The van der Waals surface area contributed by atoms with Crippen molar-refractivity contribution < 1.29 is 19.7 Å². The minimum absolute atomic E-state index is 0.159. The van der Waals surface area contributed by atoms with E-state index in [0.29, 0.717) is 6.42 Å². The van der Waals surface area contributed by atoms with Crippen LogP contribution in [0.15, 0.2) is 30.3 Å². The molecule has 0 saturated carbocycles. The molecule has 1 aromatic rings. The van der Waals surface area contributed by atoms with Crippen molar-refractivity contribution in [1.29, 1.82) is 0 Å². The lowest BCUT2D eigenvalue weighted by Gasteiger charge is -2.31. The molecule has 2 rings (SSSR count). The summed E-state index contributed by atoms with van der Waals surface area (Å²) in [7, 11) is 0. The Kier molecular flexibility index (Phi) is 6.81. The normalized spacial score (nSPS) is 21.4. The van der Waals surface area contributed by atoms with Crippen molar-refractivity contribution >= 4 is 6.09 Å². The molecular formula is C19H30N2O4. The highest BCUT2D eigenvalue weighted by Crippen LogP contribution is 2.17. The van der Waals surface area contributed by atoms with Crippen LogP contribution in [0.1, 0.15) is 39.2 Å². The van der Waals surface area contributed by atoms with E-state index < -0.39 is 29.9 Å². The fourth-order valence-electron chi connectivity index (χ4n) is 3.06. The minimum atomic E-state index is -1.09. The predicted molar refractivity (Wildman–Crippen MR) is 96.3 cm³/mol. The summed E-state index contributed by atoms with van der Waals surface area (Å²) in [6, 6.07) is 8.77. The summed E-state index contributed by atoms with van der Waals surface area (Å²) >= 11 is 0. The first kappa shape index (κ1) is 19.7. The number of benzene rings is 1. The number of amides is 1. The number of ether oxygens (including phenoxy) is 1. The number of carbonyl (C=O) groups excluding carboxylic acids is 1. The lowest BCUT2D eigenvalue weighted by atomic mass is 9.93. The van der Waals surface area contributed by atoms with Crippen LogP contribution in [-0.2, 0) is 11.2 Å². The molecule has 0 aromatic heterocycles. The van der Waals surface area contributed by atoms with E-state index in [1.807, 2.05) is 30.3 Å². The van der Waals surface area contributed by atoms with Crippen LogP contribution in [0.25, 0.3) is 0 Å². The maximum atomic E-state index is 12.2. The van der Waals surface area contributed by atoms with Gasteiger partial charge in [0.15, 0.2) is 0 Å². The minimum Gasteiger partial charge on any atom is -0.444 e. The molecule has 1 aliphatic rings. The summed E-state index contributed by atoms with van der Waals surface area (Å²) in [6.07, 6.45) is -0.459. The van der Waals surface area contributed by atoms with Crippen LogP contribution in [0.5, 0.6) is 0 Å². The van der Waals surface area contributed by atoms with Gasteiger partial charge in [0.1, 0.15) is 11.7 Å². The Labute approximate surface area is 149 Å². The second-order valence-electron chi connectivity index (χ2n) is 7.63. The molecule has 4 N–H and O–H groups in total. The van der Waals surface area contributed by atoms with E-state index in [2.05, 4.69) is 10.6 Å². The third-order valence-electron chi connectivity index (χ3n) is 4.27. The number of aliphatic hydroxyl groups excluding tert-OH is 2. The van der Waals surface area contributed by atoms with E-state index in [4.69, 9.17) is 4.74 Å². The quantitative estimate of drug-likeness (QED) is 0.626. The number of aliphatic hydroxyl groups is 2. The third kappa shape index (κ3) is 6.30. The first-order chi connectivity index (χ1) is 11.8. The van der Waals surface area contributed by atoms with Gasteiger partial charge >= 0.3 is 6.09 Å². The molecular weight excluding hydrogens is 320 g/mol. The Morgan fingerprint density at radius 2 is 2.00 bits per heavy atom. The average Bonchev–Trinajstić information content (AvgIpc) is 3.06. The number of hydrogen-bond acceptors (Lipinski definition) is 5. The van der Waals surface area contributed by atoms with Crippen molar-refractivity contribution in [3.63, 3.8) is 0 Å². The molecule has 1 aliphatic heterocycles. The molecule has 1 amide bonds. The molecule has 1 heterocycles. The predicted octanol–water partition coefficient (Wildman–Crippen LogP) is 1.60. The van der Waals surface area contributed by atoms with E-state index in [0.717, 1.165) is 24.9 Å². The van der Waals surface area contributed by atoms with Crippen LogP contribution < -0.4 is 10.6 Å². The van der Waals surface area contributed by atoms with Crippen LogP contribution >= 0.6 is 0 Å². The second-order valence-corrected chi connectivity index (χ2v) is 7.63. The molecule has 25 heavy (non-hydrogen) atoms. The van der Waals surface area contributed by atoms with Crippen molar-refractivity contribution in [3.8, 4) is 0 Å². The lowest BCUT2D eigenvalue weighted by Crippen LogP contribution is -2.55. The molecule has 6 nitrogen and oxygen atoms in total. The number of hydrogen-bond donors (Lipinski definition) is 4. The summed E-state index contributed by atoms with van der Waals surface area (Å²) < 4.78 is 5.30. The number of carbonyl (C=O) groups is 1. The Morgan fingerprint density at radius 3 is 2.56 bits per heavy atom. The van der Waals surface area contributed by atoms with Crippen LogP contribution in [0, 0.1) is 0 Å². The summed E-state index contributed by atoms with van der Waals surface area (Å²) in [5.41, 5.74) is 0.340. The molecule has 0 radical (unpaired) electrons. The van der Waals surface area contributed by atoms with Gasteiger partial charge in [0.2, 0.25) is 0 Å². The van der Waals surface area contributed by atoms with Gasteiger partial charge in [0, 0.05) is 6.04 Å². The maximum Gasteiger partial charge on any atom is 0.407 e. The fourth-order valence-corrected chi connectivity index (χ4v) is 3.06. The number of rotatable bonds is 6. The number of alkyl carbamates (subject to hydrolysis) is 1. The first-order valence-electron chi connectivity index (χ1n) is 8.89. The van der Waals surface area contributed by atoms with Crippen molar-refractivity contribution in [3.05, 3.63) is 35.9 Å². The van der Waals surface area contributed by atoms with Crippen molar-refractivity contribution in [2.45, 2.75) is 69.9 Å². The standard InChI is InChI=1S/C19H30N2O4/c1-19(2,3)25-18(24)21-15(12-13-8-5-4-6-9-13)17(23)16(22)14-10-7-11-20-14/h4-6,8-9,14-17,20,22-23H,7,10-12H2,1-3H3,(H,21,24)/t14-,15+,16-,17+/m1/s1. The molecule has 1 aromatic carbocycles. The zero-order valence-corrected chi connectivity index (χ0v) is 15.2. The van der Waals surface area contributed by atoms with E-state index in [1.165, 1.54) is 0 Å². The summed E-state index contributed by atoms with van der Waals surface area (Å²) in [4.78, 5) is 12.2. The van der Waals surface area contributed by atoms with Crippen LogP contribution in [-0.4, -0.2) is 52.7 Å². The Morgan fingerprint density at radius 1 is 1.32 bits per heavy atom. The van der Waals surface area contributed by atoms with Crippen LogP contribution in [0.3, 0.4) is 0 Å². The number of nitrogens with one attached hydrogen (secondary N) is 2.